The van der Waals surface area contributed by atoms with Gasteiger partial charge in [0.1, 0.15) is 0 Å². The summed E-state index contributed by atoms with van der Waals surface area (Å²) in [6, 6.07) is 3.87. The average molecular weight is 260 g/mol. The molecule has 0 atom stereocenters. The lowest BCUT2D eigenvalue weighted by Gasteiger charge is -2.10. The van der Waals surface area contributed by atoms with Gasteiger partial charge in [0.2, 0.25) is 0 Å². The summed E-state index contributed by atoms with van der Waals surface area (Å²) in [4.78, 5) is 22.5. The van der Waals surface area contributed by atoms with Crippen LogP contribution >= 0.6 is 0 Å². The molecule has 0 saturated heterocycles. The molecule has 3 N–H and O–H groups in total. The number of benzene rings is 1. The molecule has 19 heavy (non-hydrogen) atoms. The molecule has 0 unspecified atom stereocenters. The number of rotatable bonds is 3. The van der Waals surface area contributed by atoms with E-state index in [9.17, 15) is 9.59 Å². The lowest BCUT2D eigenvalue weighted by molar-refractivity contribution is -0.136. The highest BCUT2D eigenvalue weighted by Crippen LogP contribution is 2.27. The third kappa shape index (κ3) is 2.31. The van der Waals surface area contributed by atoms with E-state index in [1.807, 2.05) is 32.9 Å². The van der Waals surface area contributed by atoms with Crippen LogP contribution < -0.4 is 5.56 Å². The van der Waals surface area contributed by atoms with Gasteiger partial charge in [-0.25, -0.2) is 0 Å². The summed E-state index contributed by atoms with van der Waals surface area (Å²) < 4.78 is 0. The van der Waals surface area contributed by atoms with Crippen molar-refractivity contribution in [2.24, 2.45) is 0 Å². The zero-order valence-corrected chi connectivity index (χ0v) is 11.1. The van der Waals surface area contributed by atoms with Crippen LogP contribution in [0.25, 0.3) is 11.3 Å². The standard InChI is InChI=1S/C14H16N2O3/c1-7-4-5-10(9(3)8(7)2)13-11(6-12(17)18)14(19)16-15-13/h4-5H,6H2,1-3H3,(H,17,18)(H2,15,16,19). The molecule has 0 saturated carbocycles. The average Bonchev–Trinajstić information content (AvgIpc) is 2.68. The van der Waals surface area contributed by atoms with Gasteiger partial charge in [-0.15, -0.1) is 0 Å². The highest BCUT2D eigenvalue weighted by molar-refractivity contribution is 5.76. The second-order valence-electron chi connectivity index (χ2n) is 4.68. The number of aromatic nitrogens is 2. The molecule has 5 heteroatoms. The van der Waals surface area contributed by atoms with Crippen molar-refractivity contribution < 1.29 is 9.90 Å². The number of hydrogen-bond acceptors (Lipinski definition) is 2. The zero-order valence-electron chi connectivity index (χ0n) is 11.1. The third-order valence-corrected chi connectivity index (χ3v) is 3.53. The van der Waals surface area contributed by atoms with Crippen molar-refractivity contribution in [2.45, 2.75) is 27.2 Å². The molecule has 1 aromatic carbocycles. The molecule has 0 amide bonds. The number of aromatic amines is 2. The van der Waals surface area contributed by atoms with Crippen molar-refractivity contribution >= 4 is 5.97 Å². The molecule has 0 aliphatic carbocycles. The molecule has 2 aromatic rings. The van der Waals surface area contributed by atoms with Crippen LogP contribution in [-0.2, 0) is 11.2 Å². The van der Waals surface area contributed by atoms with Gasteiger partial charge < -0.3 is 5.11 Å². The van der Waals surface area contributed by atoms with Gasteiger partial charge in [0.15, 0.2) is 0 Å². The maximum absolute atomic E-state index is 11.7. The quantitative estimate of drug-likeness (QED) is 0.788. The van der Waals surface area contributed by atoms with Crippen molar-refractivity contribution in [3.63, 3.8) is 0 Å². The molecule has 1 heterocycles. The van der Waals surface area contributed by atoms with Crippen LogP contribution in [0.5, 0.6) is 0 Å². The molecule has 2 rings (SSSR count). The second kappa shape index (κ2) is 4.76. The first-order valence-corrected chi connectivity index (χ1v) is 6.00. The van der Waals surface area contributed by atoms with E-state index < -0.39 is 5.97 Å². The second-order valence-corrected chi connectivity index (χ2v) is 4.68. The zero-order chi connectivity index (χ0) is 14.2. The number of nitrogens with one attached hydrogen (secondary N) is 2. The first-order chi connectivity index (χ1) is 8.91. The van der Waals surface area contributed by atoms with Crippen LogP contribution in [0.1, 0.15) is 22.3 Å². The number of H-pyrrole nitrogens is 2. The molecule has 0 fully saturated rings. The molecule has 0 aliphatic rings. The number of hydrogen-bond donors (Lipinski definition) is 3. The highest BCUT2D eigenvalue weighted by atomic mass is 16.4. The number of carboxylic acid groups (broad SMARTS) is 1. The fraction of sp³-hybridized carbons (Fsp3) is 0.286. The van der Waals surface area contributed by atoms with E-state index in [0.29, 0.717) is 5.69 Å². The summed E-state index contributed by atoms with van der Waals surface area (Å²) in [6.45, 7) is 5.99. The summed E-state index contributed by atoms with van der Waals surface area (Å²) in [5.74, 6) is -1.02. The molecule has 0 spiro atoms. The largest absolute Gasteiger partial charge is 0.481 e. The predicted molar refractivity (Wildman–Crippen MR) is 72.4 cm³/mol. The van der Waals surface area contributed by atoms with Crippen LogP contribution in [0.15, 0.2) is 16.9 Å². The van der Waals surface area contributed by atoms with Crippen LogP contribution in [-0.4, -0.2) is 21.3 Å². The molecular formula is C14H16N2O3. The number of carboxylic acids is 1. The van der Waals surface area contributed by atoms with E-state index in [4.69, 9.17) is 5.11 Å². The summed E-state index contributed by atoms with van der Waals surface area (Å²) in [5.41, 5.74) is 4.65. The first-order valence-electron chi connectivity index (χ1n) is 6.00. The maximum atomic E-state index is 11.7. The summed E-state index contributed by atoms with van der Waals surface area (Å²) >= 11 is 0. The Kier molecular flexibility index (Phi) is 3.29. The van der Waals surface area contributed by atoms with Crippen molar-refractivity contribution in [1.82, 2.24) is 10.2 Å². The first kappa shape index (κ1) is 13.1. The summed E-state index contributed by atoms with van der Waals surface area (Å²) in [7, 11) is 0. The molecule has 0 bridgehead atoms. The van der Waals surface area contributed by atoms with Crippen LogP contribution in [0.3, 0.4) is 0 Å². The van der Waals surface area contributed by atoms with Crippen molar-refractivity contribution in [2.75, 3.05) is 0 Å². The normalized spacial score (nSPS) is 10.7. The van der Waals surface area contributed by atoms with Gasteiger partial charge in [0.05, 0.1) is 17.7 Å². The summed E-state index contributed by atoms with van der Waals surface area (Å²) in [6.07, 6.45) is -0.291. The molecule has 1 aromatic heterocycles. The fourth-order valence-electron chi connectivity index (χ4n) is 2.16. The predicted octanol–water partition coefficient (Wildman–Crippen LogP) is 1.92. The van der Waals surface area contributed by atoms with Gasteiger partial charge in [0, 0.05) is 5.56 Å². The summed E-state index contributed by atoms with van der Waals surface area (Å²) in [5, 5.41) is 14.1. The van der Waals surface area contributed by atoms with E-state index in [1.165, 1.54) is 5.56 Å². The van der Waals surface area contributed by atoms with Gasteiger partial charge in [-0.05, 0) is 37.5 Å². The molecule has 5 nitrogen and oxygen atoms in total. The van der Waals surface area contributed by atoms with Crippen LogP contribution in [0.2, 0.25) is 0 Å². The van der Waals surface area contributed by atoms with Gasteiger partial charge >= 0.3 is 5.97 Å². The highest BCUT2D eigenvalue weighted by Gasteiger charge is 2.17. The topological polar surface area (TPSA) is 86.0 Å². The lowest BCUT2D eigenvalue weighted by Crippen LogP contribution is -2.11. The van der Waals surface area contributed by atoms with E-state index in [2.05, 4.69) is 10.2 Å². The minimum atomic E-state index is -1.02. The van der Waals surface area contributed by atoms with E-state index in [-0.39, 0.29) is 17.5 Å². The van der Waals surface area contributed by atoms with Crippen molar-refractivity contribution in [3.05, 3.63) is 44.7 Å². The minimum Gasteiger partial charge on any atom is -0.481 e. The molecular weight excluding hydrogens is 244 g/mol. The molecule has 100 valence electrons. The Bertz CT molecular complexity index is 695. The third-order valence-electron chi connectivity index (χ3n) is 3.53. The SMILES string of the molecule is Cc1ccc(-c2[nH][nH]c(=O)c2CC(=O)O)c(C)c1C. The monoisotopic (exact) mass is 260 g/mol. The van der Waals surface area contributed by atoms with Crippen LogP contribution in [0.4, 0.5) is 0 Å². The van der Waals surface area contributed by atoms with Gasteiger partial charge in [-0.1, -0.05) is 12.1 Å². The van der Waals surface area contributed by atoms with Gasteiger partial charge in [-0.3, -0.25) is 19.8 Å². The Labute approximate surface area is 110 Å². The van der Waals surface area contributed by atoms with Crippen LogP contribution in [0, 0.1) is 20.8 Å². The number of aliphatic carboxylic acids is 1. The Morgan fingerprint density at radius 1 is 1.16 bits per heavy atom. The maximum Gasteiger partial charge on any atom is 0.308 e. The molecule has 0 aliphatic heterocycles. The van der Waals surface area contributed by atoms with E-state index in [1.54, 1.807) is 0 Å². The van der Waals surface area contributed by atoms with E-state index in [0.717, 1.165) is 16.7 Å². The fourth-order valence-corrected chi connectivity index (χ4v) is 2.16. The van der Waals surface area contributed by atoms with Gasteiger partial charge in [0.25, 0.3) is 5.56 Å². The van der Waals surface area contributed by atoms with E-state index >= 15 is 0 Å². The molecule has 0 radical (unpaired) electrons. The van der Waals surface area contributed by atoms with Crippen molar-refractivity contribution in [3.8, 4) is 11.3 Å². The lowest BCUT2D eigenvalue weighted by atomic mass is 9.95. The Morgan fingerprint density at radius 3 is 2.47 bits per heavy atom. The van der Waals surface area contributed by atoms with Gasteiger partial charge in [-0.2, -0.15) is 0 Å². The minimum absolute atomic E-state index is 0.263. The smallest absolute Gasteiger partial charge is 0.308 e. The van der Waals surface area contributed by atoms with Crippen molar-refractivity contribution in [1.29, 1.82) is 0 Å². The number of carbonyl (C=O) groups is 1. The Balaban J connectivity index is 2.63. The Morgan fingerprint density at radius 2 is 1.84 bits per heavy atom. The number of aryl methyl sites for hydroxylation is 1. The Hall–Kier alpha value is -2.30.